The summed E-state index contributed by atoms with van der Waals surface area (Å²) in [5, 5.41) is 3.82. The lowest BCUT2D eigenvalue weighted by Crippen LogP contribution is -2.12. The first-order valence-corrected chi connectivity index (χ1v) is 20.9. The Morgan fingerprint density at radius 1 is 0.400 bits per heavy atom. The summed E-state index contributed by atoms with van der Waals surface area (Å²) >= 11 is 0. The quantitative estimate of drug-likeness (QED) is 0.150. The van der Waals surface area contributed by atoms with Crippen molar-refractivity contribution in [2.45, 2.75) is 12.8 Å². The van der Waals surface area contributed by atoms with Gasteiger partial charge >= 0.3 is 0 Å². The van der Waals surface area contributed by atoms with E-state index in [1.807, 2.05) is 0 Å². The lowest BCUT2D eigenvalue weighted by atomic mass is 9.94. The molecule has 0 unspecified atom stereocenters. The summed E-state index contributed by atoms with van der Waals surface area (Å²) in [5.74, 6) is 0. The molecular formula is C58H42N2. The van der Waals surface area contributed by atoms with Crippen LogP contribution in [0.1, 0.15) is 17.7 Å². The molecule has 9 aromatic carbocycles. The van der Waals surface area contributed by atoms with Gasteiger partial charge in [-0.3, -0.25) is 0 Å². The van der Waals surface area contributed by atoms with Gasteiger partial charge in [0.2, 0.25) is 0 Å². The van der Waals surface area contributed by atoms with Crippen LogP contribution in [0, 0.1) is 0 Å². The van der Waals surface area contributed by atoms with E-state index >= 15 is 0 Å². The summed E-state index contributed by atoms with van der Waals surface area (Å²) in [4.78, 5) is 2.44. The van der Waals surface area contributed by atoms with Gasteiger partial charge in [0.15, 0.2) is 0 Å². The highest BCUT2D eigenvalue weighted by Gasteiger charge is 2.22. The first kappa shape index (κ1) is 35.5. The molecule has 60 heavy (non-hydrogen) atoms. The van der Waals surface area contributed by atoms with Crippen LogP contribution in [-0.2, 0) is 6.42 Å². The van der Waals surface area contributed by atoms with Crippen molar-refractivity contribution in [2.24, 2.45) is 0 Å². The second kappa shape index (κ2) is 15.2. The molecule has 0 saturated carbocycles. The van der Waals surface area contributed by atoms with Crippen molar-refractivity contribution in [3.05, 3.63) is 236 Å². The molecular weight excluding hydrogens is 725 g/mol. The Hall–Kier alpha value is -7.68. The third-order valence-corrected chi connectivity index (χ3v) is 12.1. The Morgan fingerprint density at radius 3 is 1.75 bits per heavy atom. The van der Waals surface area contributed by atoms with Crippen LogP contribution < -0.4 is 4.90 Å². The van der Waals surface area contributed by atoms with Gasteiger partial charge in [-0.25, -0.2) is 0 Å². The summed E-state index contributed by atoms with van der Waals surface area (Å²) in [6.45, 7) is 0. The fourth-order valence-electron chi connectivity index (χ4n) is 9.18. The Bertz CT molecular complexity index is 3170. The zero-order valence-electron chi connectivity index (χ0n) is 33.2. The molecule has 1 aliphatic rings. The Kier molecular flexibility index (Phi) is 9.02. The van der Waals surface area contributed by atoms with Gasteiger partial charge in [0.05, 0.1) is 11.2 Å². The van der Waals surface area contributed by atoms with Crippen LogP contribution in [0.3, 0.4) is 0 Å². The number of benzene rings is 9. The van der Waals surface area contributed by atoms with Gasteiger partial charge in [-0.1, -0.05) is 170 Å². The van der Waals surface area contributed by atoms with Crippen LogP contribution in [0.5, 0.6) is 0 Å². The van der Waals surface area contributed by atoms with E-state index in [-0.39, 0.29) is 0 Å². The number of para-hydroxylation sites is 1. The third kappa shape index (κ3) is 6.40. The van der Waals surface area contributed by atoms with E-state index in [0.717, 1.165) is 35.6 Å². The van der Waals surface area contributed by atoms with E-state index in [1.165, 1.54) is 77.4 Å². The minimum absolute atomic E-state index is 1.06. The summed E-state index contributed by atoms with van der Waals surface area (Å²) in [6, 6.07) is 79.6. The van der Waals surface area contributed by atoms with Crippen LogP contribution in [0.2, 0.25) is 0 Å². The first-order valence-electron chi connectivity index (χ1n) is 20.9. The van der Waals surface area contributed by atoms with Gasteiger partial charge < -0.3 is 9.47 Å². The number of rotatable bonds is 8. The number of hydrogen-bond donors (Lipinski definition) is 0. The van der Waals surface area contributed by atoms with E-state index in [2.05, 4.69) is 240 Å². The monoisotopic (exact) mass is 766 g/mol. The normalized spacial score (nSPS) is 12.1. The van der Waals surface area contributed by atoms with Gasteiger partial charge in [0.25, 0.3) is 0 Å². The number of allylic oxidation sites excluding steroid dienone is 1. The van der Waals surface area contributed by atoms with E-state index in [0.29, 0.717) is 0 Å². The van der Waals surface area contributed by atoms with E-state index < -0.39 is 0 Å². The van der Waals surface area contributed by atoms with Crippen molar-refractivity contribution in [2.75, 3.05) is 4.90 Å². The summed E-state index contributed by atoms with van der Waals surface area (Å²) in [7, 11) is 0. The topological polar surface area (TPSA) is 8.17 Å². The van der Waals surface area contributed by atoms with Gasteiger partial charge in [-0.2, -0.15) is 0 Å². The fraction of sp³-hybridized carbons (Fsp3) is 0.0345. The minimum atomic E-state index is 1.06. The Labute approximate surface area is 351 Å². The molecule has 0 fully saturated rings. The molecule has 11 rings (SSSR count). The van der Waals surface area contributed by atoms with Gasteiger partial charge in [0.1, 0.15) is 0 Å². The zero-order chi connectivity index (χ0) is 39.8. The summed E-state index contributed by atoms with van der Waals surface area (Å²) in [5.41, 5.74) is 17.9. The smallest absolute Gasteiger partial charge is 0.0546 e. The van der Waals surface area contributed by atoms with E-state index in [1.54, 1.807) is 0 Å². The van der Waals surface area contributed by atoms with E-state index in [9.17, 15) is 0 Å². The molecule has 10 aromatic rings. The highest BCUT2D eigenvalue weighted by atomic mass is 15.1. The highest BCUT2D eigenvalue weighted by molar-refractivity contribution is 5.99. The van der Waals surface area contributed by atoms with Crippen LogP contribution in [0.15, 0.2) is 224 Å². The summed E-state index contributed by atoms with van der Waals surface area (Å²) in [6.07, 6.45) is 6.76. The maximum absolute atomic E-state index is 2.44. The van der Waals surface area contributed by atoms with Crippen molar-refractivity contribution in [1.82, 2.24) is 4.57 Å². The number of aromatic nitrogens is 1. The maximum Gasteiger partial charge on any atom is 0.0546 e. The summed E-state index contributed by atoms with van der Waals surface area (Å²) < 4.78 is 2.43. The number of aryl methyl sites for hydroxylation is 1. The van der Waals surface area contributed by atoms with E-state index in [4.69, 9.17) is 0 Å². The Balaban J connectivity index is 1.09. The van der Waals surface area contributed by atoms with Crippen LogP contribution in [0.25, 0.3) is 77.9 Å². The molecule has 284 valence electrons. The molecule has 0 aliphatic heterocycles. The molecule has 0 saturated heterocycles. The molecule has 1 aromatic heterocycles. The molecule has 1 heterocycles. The second-order valence-electron chi connectivity index (χ2n) is 15.6. The SMILES string of the molecule is C1=Cc2c(c3ccccc3n2-c2ccc(N(c3ccc(-c4cccc(-c5ccccc5)c4)cc3)c3cc(-c4cccc5ccccc45)ccc3-c3ccccc3)cc2)CC1. The predicted molar refractivity (Wildman–Crippen MR) is 255 cm³/mol. The zero-order valence-corrected chi connectivity index (χ0v) is 33.2. The van der Waals surface area contributed by atoms with Crippen molar-refractivity contribution < 1.29 is 0 Å². The van der Waals surface area contributed by atoms with Crippen LogP contribution >= 0.6 is 0 Å². The average Bonchev–Trinajstić information content (AvgIpc) is 3.67. The van der Waals surface area contributed by atoms with Crippen molar-refractivity contribution in [3.8, 4) is 50.2 Å². The van der Waals surface area contributed by atoms with Crippen LogP contribution in [0.4, 0.5) is 17.1 Å². The molecule has 0 amide bonds. The maximum atomic E-state index is 2.44. The standard InChI is InChI=1S/C58H42N2/c1-3-15-41(16-4-1)45-21-13-22-46(39-45)42-29-32-48(33-30-42)59(49-34-36-50(37-35-49)60-56-27-11-9-24-54(56)55-25-10-12-28-57(55)60)58-40-47(31-38-53(58)44-17-5-2-6-18-44)52-26-14-20-43-19-7-8-23-51(43)52/h1-9,11-24,26-40H,10,25H2. The van der Waals surface area contributed by atoms with Crippen molar-refractivity contribution >= 4 is 44.8 Å². The molecule has 0 spiro atoms. The lowest BCUT2D eigenvalue weighted by Gasteiger charge is -2.29. The number of anilines is 3. The van der Waals surface area contributed by atoms with Crippen molar-refractivity contribution in [3.63, 3.8) is 0 Å². The fourth-order valence-corrected chi connectivity index (χ4v) is 9.18. The minimum Gasteiger partial charge on any atom is -0.310 e. The molecule has 1 aliphatic carbocycles. The molecule has 0 radical (unpaired) electrons. The average molecular weight is 767 g/mol. The van der Waals surface area contributed by atoms with Gasteiger partial charge in [-0.15, -0.1) is 0 Å². The molecule has 0 bridgehead atoms. The third-order valence-electron chi connectivity index (χ3n) is 12.1. The molecule has 0 atom stereocenters. The van der Waals surface area contributed by atoms with Gasteiger partial charge in [-0.05, 0) is 129 Å². The lowest BCUT2D eigenvalue weighted by molar-refractivity contribution is 0.967. The van der Waals surface area contributed by atoms with Crippen LogP contribution in [-0.4, -0.2) is 4.57 Å². The first-order chi connectivity index (χ1) is 29.8. The molecule has 0 N–H and O–H groups in total. The van der Waals surface area contributed by atoms with Crippen molar-refractivity contribution in [1.29, 1.82) is 0 Å². The largest absolute Gasteiger partial charge is 0.310 e. The number of hydrogen-bond acceptors (Lipinski definition) is 1. The Morgan fingerprint density at radius 2 is 0.983 bits per heavy atom. The number of fused-ring (bicyclic) bond motifs is 4. The highest BCUT2D eigenvalue weighted by Crippen LogP contribution is 2.45. The molecule has 2 nitrogen and oxygen atoms in total. The number of nitrogens with zero attached hydrogens (tertiary/aromatic N) is 2. The second-order valence-corrected chi connectivity index (χ2v) is 15.6. The molecule has 2 heteroatoms. The van der Waals surface area contributed by atoms with Gasteiger partial charge in [0, 0.05) is 33.7 Å². The predicted octanol–water partition coefficient (Wildman–Crippen LogP) is 15.9.